The molecule has 0 atom stereocenters. The van der Waals surface area contributed by atoms with Gasteiger partial charge in [-0.2, -0.15) is 0 Å². The van der Waals surface area contributed by atoms with E-state index in [0.717, 1.165) is 16.3 Å². The van der Waals surface area contributed by atoms with Gasteiger partial charge in [-0.05, 0) is 36.8 Å². The average molecular weight is 357 g/mol. The predicted octanol–water partition coefficient (Wildman–Crippen LogP) is 2.24. The van der Waals surface area contributed by atoms with E-state index in [0.29, 0.717) is 24.6 Å². The van der Waals surface area contributed by atoms with Crippen LogP contribution in [0.5, 0.6) is 5.75 Å². The first kappa shape index (κ1) is 17.3. The van der Waals surface area contributed by atoms with Crippen LogP contribution >= 0.6 is 11.8 Å². The van der Waals surface area contributed by atoms with Crippen molar-refractivity contribution < 1.29 is 14.3 Å². The largest absolute Gasteiger partial charge is 0.494 e. The quantitative estimate of drug-likeness (QED) is 0.858. The number of anilines is 1. The molecule has 1 aromatic carbocycles. The Hall–Kier alpha value is -2.54. The summed E-state index contributed by atoms with van der Waals surface area (Å²) in [4.78, 5) is 30.1. The van der Waals surface area contributed by atoms with Crippen molar-refractivity contribution in [2.24, 2.45) is 0 Å². The van der Waals surface area contributed by atoms with Gasteiger partial charge in [0.15, 0.2) is 0 Å². The van der Waals surface area contributed by atoms with E-state index in [1.807, 2.05) is 37.3 Å². The van der Waals surface area contributed by atoms with Crippen molar-refractivity contribution in [1.29, 1.82) is 0 Å². The Morgan fingerprint density at radius 1 is 1.32 bits per heavy atom. The fourth-order valence-electron chi connectivity index (χ4n) is 2.49. The summed E-state index contributed by atoms with van der Waals surface area (Å²) in [6, 6.07) is 11.1. The number of amides is 2. The minimum atomic E-state index is -0.205. The summed E-state index contributed by atoms with van der Waals surface area (Å²) >= 11 is 1.40. The first-order chi connectivity index (χ1) is 12.2. The molecule has 7 heteroatoms. The van der Waals surface area contributed by atoms with E-state index in [1.54, 1.807) is 12.3 Å². The van der Waals surface area contributed by atoms with Crippen molar-refractivity contribution in [3.63, 3.8) is 0 Å². The molecule has 130 valence electrons. The Balaban J connectivity index is 1.58. The molecule has 1 aliphatic rings. The third kappa shape index (κ3) is 4.30. The first-order valence-corrected chi connectivity index (χ1v) is 9.02. The van der Waals surface area contributed by atoms with Crippen LogP contribution in [0.25, 0.3) is 0 Å². The van der Waals surface area contributed by atoms with E-state index in [2.05, 4.69) is 10.3 Å². The third-order valence-corrected chi connectivity index (χ3v) is 4.68. The minimum Gasteiger partial charge on any atom is -0.494 e. The summed E-state index contributed by atoms with van der Waals surface area (Å²) in [5.41, 5.74) is 1.67. The Bertz CT molecular complexity index is 764. The summed E-state index contributed by atoms with van der Waals surface area (Å²) in [5, 5.41) is 3.63. The van der Waals surface area contributed by atoms with Crippen molar-refractivity contribution >= 4 is 29.3 Å². The second kappa shape index (κ2) is 8.02. The predicted molar refractivity (Wildman–Crippen MR) is 96.8 cm³/mol. The van der Waals surface area contributed by atoms with Crippen molar-refractivity contribution in [1.82, 2.24) is 10.3 Å². The van der Waals surface area contributed by atoms with Crippen LogP contribution in [0.3, 0.4) is 0 Å². The topological polar surface area (TPSA) is 71.5 Å². The molecule has 1 aromatic heterocycles. The van der Waals surface area contributed by atoms with Crippen LogP contribution in [0.1, 0.15) is 12.5 Å². The molecule has 1 aliphatic heterocycles. The Kier molecular flexibility index (Phi) is 5.55. The van der Waals surface area contributed by atoms with Crippen LogP contribution in [-0.4, -0.2) is 35.7 Å². The summed E-state index contributed by atoms with van der Waals surface area (Å²) < 4.78 is 5.39. The molecule has 2 heterocycles. The fourth-order valence-corrected chi connectivity index (χ4v) is 3.36. The van der Waals surface area contributed by atoms with Crippen molar-refractivity contribution in [3.05, 3.63) is 48.2 Å². The molecule has 0 radical (unpaired) electrons. The summed E-state index contributed by atoms with van der Waals surface area (Å²) in [6.45, 7) is 2.95. The molecule has 0 bridgehead atoms. The number of ether oxygens (including phenoxy) is 1. The van der Waals surface area contributed by atoms with Crippen molar-refractivity contribution in [2.45, 2.75) is 18.5 Å². The average Bonchev–Trinajstić information content (AvgIpc) is 2.64. The number of nitrogens with one attached hydrogen (secondary N) is 1. The SMILES string of the molecule is CCOc1ccc(CNC(=O)CN2C(=O)CSc3ncccc32)cc1. The molecule has 0 unspecified atom stereocenters. The van der Waals surface area contributed by atoms with Crippen LogP contribution in [0.15, 0.2) is 47.6 Å². The van der Waals surface area contributed by atoms with Crippen LogP contribution in [0.2, 0.25) is 0 Å². The van der Waals surface area contributed by atoms with Crippen LogP contribution in [0.4, 0.5) is 5.69 Å². The summed E-state index contributed by atoms with van der Waals surface area (Å²) in [7, 11) is 0. The standard InChI is InChI=1S/C18H19N3O3S/c1-2-24-14-7-5-13(6-8-14)10-20-16(22)11-21-15-4-3-9-19-18(15)25-12-17(21)23/h3-9H,2,10-12H2,1H3,(H,20,22). The summed E-state index contributed by atoms with van der Waals surface area (Å²) in [5.74, 6) is 0.819. The Labute approximate surface area is 150 Å². The molecule has 0 fully saturated rings. The second-order valence-corrected chi connectivity index (χ2v) is 6.41. The van der Waals surface area contributed by atoms with E-state index in [4.69, 9.17) is 4.74 Å². The molecular formula is C18H19N3O3S. The normalized spacial score (nSPS) is 13.3. The lowest BCUT2D eigenvalue weighted by molar-refractivity contribution is -0.123. The lowest BCUT2D eigenvalue weighted by Gasteiger charge is -2.27. The maximum absolute atomic E-state index is 12.3. The molecule has 6 nitrogen and oxygen atoms in total. The Morgan fingerprint density at radius 2 is 2.12 bits per heavy atom. The number of thioether (sulfide) groups is 1. The van der Waals surface area contributed by atoms with Crippen molar-refractivity contribution in [2.75, 3.05) is 23.8 Å². The summed E-state index contributed by atoms with van der Waals surface area (Å²) in [6.07, 6.45) is 1.69. The lowest BCUT2D eigenvalue weighted by Crippen LogP contribution is -2.43. The number of carbonyl (C=O) groups excluding carboxylic acids is 2. The van der Waals surface area contributed by atoms with Gasteiger partial charge in [-0.15, -0.1) is 0 Å². The zero-order valence-corrected chi connectivity index (χ0v) is 14.7. The zero-order chi connectivity index (χ0) is 17.6. The van der Waals surface area contributed by atoms with Gasteiger partial charge >= 0.3 is 0 Å². The lowest BCUT2D eigenvalue weighted by atomic mass is 10.2. The maximum Gasteiger partial charge on any atom is 0.240 e. The highest BCUT2D eigenvalue weighted by atomic mass is 32.2. The van der Waals surface area contributed by atoms with Crippen molar-refractivity contribution in [3.8, 4) is 5.75 Å². The number of benzene rings is 1. The number of carbonyl (C=O) groups is 2. The Morgan fingerprint density at radius 3 is 2.88 bits per heavy atom. The van der Waals surface area contributed by atoms with Gasteiger partial charge in [0.25, 0.3) is 0 Å². The zero-order valence-electron chi connectivity index (χ0n) is 13.9. The minimum absolute atomic E-state index is 0.00485. The molecule has 0 spiro atoms. The van der Waals surface area contributed by atoms with Crippen LogP contribution < -0.4 is 15.0 Å². The molecule has 3 rings (SSSR count). The number of nitrogens with zero attached hydrogens (tertiary/aromatic N) is 2. The molecule has 0 aliphatic carbocycles. The third-order valence-electron chi connectivity index (χ3n) is 3.70. The number of hydrogen-bond acceptors (Lipinski definition) is 5. The number of fused-ring (bicyclic) bond motifs is 1. The molecular weight excluding hydrogens is 338 g/mol. The van der Waals surface area contributed by atoms with Gasteiger partial charge in [0.1, 0.15) is 17.3 Å². The van der Waals surface area contributed by atoms with Gasteiger partial charge in [-0.25, -0.2) is 4.98 Å². The molecule has 1 N–H and O–H groups in total. The van der Waals surface area contributed by atoms with Gasteiger partial charge in [-0.1, -0.05) is 23.9 Å². The van der Waals surface area contributed by atoms with Gasteiger partial charge in [0, 0.05) is 12.7 Å². The molecule has 2 aromatic rings. The van der Waals surface area contributed by atoms with Crippen LogP contribution in [0, 0.1) is 0 Å². The first-order valence-electron chi connectivity index (χ1n) is 8.04. The number of pyridine rings is 1. The monoisotopic (exact) mass is 357 g/mol. The van der Waals surface area contributed by atoms with E-state index in [9.17, 15) is 9.59 Å². The van der Waals surface area contributed by atoms with Gasteiger partial charge in [0.2, 0.25) is 11.8 Å². The number of rotatable bonds is 6. The molecule has 0 saturated heterocycles. The fraction of sp³-hybridized carbons (Fsp3) is 0.278. The molecule has 0 saturated carbocycles. The highest BCUT2D eigenvalue weighted by Crippen LogP contribution is 2.32. The van der Waals surface area contributed by atoms with Gasteiger partial charge < -0.3 is 10.1 Å². The second-order valence-electron chi connectivity index (χ2n) is 5.45. The highest BCUT2D eigenvalue weighted by molar-refractivity contribution is 8.00. The number of hydrogen-bond donors (Lipinski definition) is 1. The van der Waals surface area contributed by atoms with E-state index < -0.39 is 0 Å². The van der Waals surface area contributed by atoms with Gasteiger partial charge in [0.05, 0.1) is 18.0 Å². The smallest absolute Gasteiger partial charge is 0.240 e. The van der Waals surface area contributed by atoms with E-state index in [-0.39, 0.29) is 18.4 Å². The molecule has 2 amide bonds. The number of aromatic nitrogens is 1. The maximum atomic E-state index is 12.3. The van der Waals surface area contributed by atoms with Crippen LogP contribution in [-0.2, 0) is 16.1 Å². The molecule has 25 heavy (non-hydrogen) atoms. The van der Waals surface area contributed by atoms with E-state index >= 15 is 0 Å². The highest BCUT2D eigenvalue weighted by Gasteiger charge is 2.26. The van der Waals surface area contributed by atoms with E-state index in [1.165, 1.54) is 16.7 Å². The van der Waals surface area contributed by atoms with Gasteiger partial charge in [-0.3, -0.25) is 14.5 Å².